The van der Waals surface area contributed by atoms with E-state index in [0.717, 1.165) is 38.5 Å². The van der Waals surface area contributed by atoms with Gasteiger partial charge >= 0.3 is 6.09 Å². The number of hydrogen-bond donors (Lipinski definition) is 0. The topological polar surface area (TPSA) is 73.6 Å². The van der Waals surface area contributed by atoms with Gasteiger partial charge in [-0.05, 0) is 58.3 Å². The predicted molar refractivity (Wildman–Crippen MR) is 92.5 cm³/mol. The molecule has 1 saturated carbocycles. The molecule has 0 N–H and O–H groups in total. The first-order valence-electron chi connectivity index (χ1n) is 9.51. The van der Waals surface area contributed by atoms with Crippen LogP contribution in [0.3, 0.4) is 0 Å². The number of fused-ring (bicyclic) bond motifs is 1. The number of likely N-dealkylation sites (tertiary alicyclic amines) is 2. The van der Waals surface area contributed by atoms with E-state index in [1.807, 2.05) is 20.8 Å². The summed E-state index contributed by atoms with van der Waals surface area (Å²) < 4.78 is 5.58. The van der Waals surface area contributed by atoms with Crippen LogP contribution in [0.1, 0.15) is 59.3 Å². The molecule has 3 aliphatic rings. The van der Waals surface area contributed by atoms with Crippen molar-refractivity contribution in [1.29, 1.82) is 5.26 Å². The second-order valence-electron chi connectivity index (χ2n) is 8.60. The normalized spacial score (nSPS) is 32.2. The van der Waals surface area contributed by atoms with Crippen LogP contribution in [0.15, 0.2) is 0 Å². The molecule has 2 aliphatic heterocycles. The standard InChI is InChI=1S/C19H29N3O3/c1-19(2,3)25-18(24)22-12-13-7-4-5-9-15(13)16(22)17(23)21-10-6-8-14(21)11-20/h13-16H,4-10,12H2,1-3H3/t13?,14-,15?,16?/m0/s1. The van der Waals surface area contributed by atoms with Crippen molar-refractivity contribution in [3.63, 3.8) is 0 Å². The fraction of sp³-hybridized carbons (Fsp3) is 0.842. The molecule has 0 aromatic carbocycles. The number of nitrogens with zero attached hydrogens (tertiary/aromatic N) is 3. The Kier molecular flexibility index (Phi) is 4.95. The van der Waals surface area contributed by atoms with E-state index in [9.17, 15) is 14.9 Å². The Balaban J connectivity index is 1.84. The first-order valence-corrected chi connectivity index (χ1v) is 9.51. The summed E-state index contributed by atoms with van der Waals surface area (Å²) in [6, 6.07) is 1.43. The van der Waals surface area contributed by atoms with Gasteiger partial charge < -0.3 is 9.64 Å². The van der Waals surface area contributed by atoms with Crippen LogP contribution in [0.2, 0.25) is 0 Å². The lowest BCUT2D eigenvalue weighted by atomic mass is 9.78. The molecule has 3 fully saturated rings. The molecular weight excluding hydrogens is 318 g/mol. The molecule has 3 unspecified atom stereocenters. The number of hydrogen-bond acceptors (Lipinski definition) is 4. The first kappa shape index (κ1) is 18.0. The summed E-state index contributed by atoms with van der Waals surface area (Å²) in [7, 11) is 0. The van der Waals surface area contributed by atoms with Crippen LogP contribution in [0.4, 0.5) is 4.79 Å². The van der Waals surface area contributed by atoms with Gasteiger partial charge in [0, 0.05) is 13.1 Å². The third-order valence-corrected chi connectivity index (χ3v) is 5.71. The van der Waals surface area contributed by atoms with Gasteiger partial charge in [0.1, 0.15) is 17.7 Å². The molecule has 3 rings (SSSR count). The van der Waals surface area contributed by atoms with Crippen LogP contribution < -0.4 is 0 Å². The Morgan fingerprint density at radius 3 is 2.48 bits per heavy atom. The van der Waals surface area contributed by atoms with Crippen LogP contribution in [0.25, 0.3) is 0 Å². The highest BCUT2D eigenvalue weighted by molar-refractivity contribution is 5.87. The van der Waals surface area contributed by atoms with Crippen molar-refractivity contribution in [2.45, 2.75) is 77.0 Å². The van der Waals surface area contributed by atoms with Crippen molar-refractivity contribution >= 4 is 12.0 Å². The molecule has 0 aromatic rings. The van der Waals surface area contributed by atoms with E-state index in [2.05, 4.69) is 6.07 Å². The highest BCUT2D eigenvalue weighted by atomic mass is 16.6. The molecule has 2 amide bonds. The summed E-state index contributed by atoms with van der Waals surface area (Å²) in [4.78, 5) is 29.4. The molecule has 0 bridgehead atoms. The third-order valence-electron chi connectivity index (χ3n) is 5.71. The summed E-state index contributed by atoms with van der Waals surface area (Å²) in [6.07, 6.45) is 5.50. The zero-order valence-corrected chi connectivity index (χ0v) is 15.5. The molecule has 25 heavy (non-hydrogen) atoms. The van der Waals surface area contributed by atoms with Crippen molar-refractivity contribution in [1.82, 2.24) is 9.80 Å². The van der Waals surface area contributed by atoms with E-state index in [-0.39, 0.29) is 17.9 Å². The Hall–Kier alpha value is -1.77. The van der Waals surface area contributed by atoms with Gasteiger partial charge in [-0.15, -0.1) is 0 Å². The number of nitriles is 1. The minimum Gasteiger partial charge on any atom is -0.444 e. The van der Waals surface area contributed by atoms with E-state index in [4.69, 9.17) is 4.74 Å². The molecule has 0 radical (unpaired) electrons. The summed E-state index contributed by atoms with van der Waals surface area (Å²) in [5, 5.41) is 9.34. The second-order valence-corrected chi connectivity index (χ2v) is 8.60. The van der Waals surface area contributed by atoms with Crippen molar-refractivity contribution in [3.8, 4) is 6.07 Å². The van der Waals surface area contributed by atoms with Crippen molar-refractivity contribution < 1.29 is 14.3 Å². The fourth-order valence-electron chi connectivity index (χ4n) is 4.64. The molecule has 6 heteroatoms. The van der Waals surface area contributed by atoms with Gasteiger partial charge in [0.15, 0.2) is 0 Å². The third kappa shape index (κ3) is 3.61. The molecule has 0 spiro atoms. The van der Waals surface area contributed by atoms with Gasteiger partial charge in [-0.3, -0.25) is 9.69 Å². The molecular formula is C19H29N3O3. The van der Waals surface area contributed by atoms with Gasteiger partial charge in [-0.2, -0.15) is 5.26 Å². The Morgan fingerprint density at radius 2 is 1.80 bits per heavy atom. The monoisotopic (exact) mass is 347 g/mol. The number of amides is 2. The Bertz CT molecular complexity index is 577. The highest BCUT2D eigenvalue weighted by Crippen LogP contribution is 2.42. The van der Waals surface area contributed by atoms with Gasteiger partial charge in [0.25, 0.3) is 0 Å². The van der Waals surface area contributed by atoms with E-state index < -0.39 is 17.7 Å². The smallest absolute Gasteiger partial charge is 0.410 e. The van der Waals surface area contributed by atoms with Crippen LogP contribution in [0.5, 0.6) is 0 Å². The van der Waals surface area contributed by atoms with Gasteiger partial charge in [-0.25, -0.2) is 4.79 Å². The van der Waals surface area contributed by atoms with Crippen LogP contribution in [-0.4, -0.2) is 52.6 Å². The molecule has 2 heterocycles. The maximum absolute atomic E-state index is 13.3. The minimum atomic E-state index is -0.582. The molecule has 4 atom stereocenters. The minimum absolute atomic E-state index is 0.0516. The number of ether oxygens (including phenoxy) is 1. The average Bonchev–Trinajstić information content (AvgIpc) is 3.16. The quantitative estimate of drug-likeness (QED) is 0.731. The molecule has 0 aromatic heterocycles. The fourth-order valence-corrected chi connectivity index (χ4v) is 4.64. The Labute approximate surface area is 150 Å². The number of carbonyl (C=O) groups is 2. The van der Waals surface area contributed by atoms with E-state index in [0.29, 0.717) is 19.0 Å². The lowest BCUT2D eigenvalue weighted by Gasteiger charge is -2.34. The molecule has 138 valence electrons. The maximum atomic E-state index is 13.3. The number of rotatable bonds is 1. The van der Waals surface area contributed by atoms with E-state index >= 15 is 0 Å². The highest BCUT2D eigenvalue weighted by Gasteiger charge is 2.51. The van der Waals surface area contributed by atoms with Crippen molar-refractivity contribution in [3.05, 3.63) is 0 Å². The molecule has 2 saturated heterocycles. The van der Waals surface area contributed by atoms with E-state index in [1.165, 1.54) is 0 Å². The SMILES string of the molecule is CC(C)(C)OC(=O)N1CC2CCCCC2C1C(=O)N1CCC[C@H]1C#N. The lowest BCUT2D eigenvalue weighted by Crippen LogP contribution is -2.52. The van der Waals surface area contributed by atoms with Crippen LogP contribution in [-0.2, 0) is 9.53 Å². The summed E-state index contributed by atoms with van der Waals surface area (Å²) >= 11 is 0. The zero-order chi connectivity index (χ0) is 18.2. The summed E-state index contributed by atoms with van der Waals surface area (Å²) in [5.74, 6) is 0.524. The maximum Gasteiger partial charge on any atom is 0.410 e. The van der Waals surface area contributed by atoms with Gasteiger partial charge in [0.05, 0.1) is 6.07 Å². The zero-order valence-electron chi connectivity index (χ0n) is 15.5. The first-order chi connectivity index (χ1) is 11.8. The van der Waals surface area contributed by atoms with Crippen molar-refractivity contribution in [2.75, 3.05) is 13.1 Å². The Morgan fingerprint density at radius 1 is 1.08 bits per heavy atom. The van der Waals surface area contributed by atoms with Gasteiger partial charge in [0.2, 0.25) is 5.91 Å². The largest absolute Gasteiger partial charge is 0.444 e. The van der Waals surface area contributed by atoms with Crippen LogP contribution >= 0.6 is 0 Å². The predicted octanol–water partition coefficient (Wildman–Crippen LogP) is 2.93. The second kappa shape index (κ2) is 6.86. The molecule has 1 aliphatic carbocycles. The molecule has 6 nitrogen and oxygen atoms in total. The van der Waals surface area contributed by atoms with Crippen LogP contribution in [0, 0.1) is 23.2 Å². The number of carbonyl (C=O) groups excluding carboxylic acids is 2. The van der Waals surface area contributed by atoms with Gasteiger partial charge in [-0.1, -0.05) is 12.8 Å². The lowest BCUT2D eigenvalue weighted by molar-refractivity contribution is -0.137. The van der Waals surface area contributed by atoms with E-state index in [1.54, 1.807) is 9.80 Å². The summed E-state index contributed by atoms with van der Waals surface area (Å²) in [5.41, 5.74) is -0.582. The summed E-state index contributed by atoms with van der Waals surface area (Å²) in [6.45, 7) is 6.75. The van der Waals surface area contributed by atoms with Crippen molar-refractivity contribution in [2.24, 2.45) is 11.8 Å². The average molecular weight is 347 g/mol.